The van der Waals surface area contributed by atoms with E-state index in [0.29, 0.717) is 31.8 Å². The maximum absolute atomic E-state index is 13.0. The Balaban J connectivity index is 1.31. The minimum Gasteiger partial charge on any atom is -0.379 e. The first-order valence-electron chi connectivity index (χ1n) is 11.2. The van der Waals surface area contributed by atoms with Crippen molar-refractivity contribution in [2.45, 2.75) is 56.5 Å². The first-order valence-corrected chi connectivity index (χ1v) is 11.2. The zero-order valence-corrected chi connectivity index (χ0v) is 18.2. The van der Waals surface area contributed by atoms with Crippen LogP contribution in [-0.4, -0.2) is 67.4 Å². The van der Waals surface area contributed by atoms with Gasteiger partial charge in [0.05, 0.1) is 24.0 Å². The second kappa shape index (κ2) is 9.89. The second-order valence-corrected chi connectivity index (χ2v) is 8.81. The van der Waals surface area contributed by atoms with Gasteiger partial charge in [0.1, 0.15) is 0 Å². The predicted molar refractivity (Wildman–Crippen MR) is 113 cm³/mol. The van der Waals surface area contributed by atoms with Crippen LogP contribution in [0.5, 0.6) is 0 Å². The third-order valence-corrected chi connectivity index (χ3v) is 6.78. The van der Waals surface area contributed by atoms with Crippen LogP contribution >= 0.6 is 0 Å². The van der Waals surface area contributed by atoms with Gasteiger partial charge in [-0.15, -0.1) is 0 Å². The predicted octanol–water partition coefficient (Wildman–Crippen LogP) is 3.28. The largest absolute Gasteiger partial charge is 0.416 e. The molecule has 176 valence electrons. The number of nitrogens with one attached hydrogen (secondary N) is 1. The average molecular weight is 454 g/mol. The lowest BCUT2D eigenvalue weighted by Gasteiger charge is -2.33. The number of hydrogen-bond donors (Lipinski definition) is 1. The summed E-state index contributed by atoms with van der Waals surface area (Å²) in [6.45, 7) is 2.22. The van der Waals surface area contributed by atoms with Crippen LogP contribution in [0.1, 0.15) is 43.4 Å². The van der Waals surface area contributed by atoms with Crippen molar-refractivity contribution >= 4 is 11.5 Å². The van der Waals surface area contributed by atoms with Gasteiger partial charge in [0.15, 0.2) is 0 Å². The molecule has 2 aliphatic heterocycles. The van der Waals surface area contributed by atoms with Crippen LogP contribution in [0.2, 0.25) is 0 Å². The number of nitrogens with zero attached hydrogens (tertiary/aromatic N) is 2. The highest BCUT2D eigenvalue weighted by Gasteiger charge is 2.36. The zero-order chi connectivity index (χ0) is 22.7. The first-order chi connectivity index (χ1) is 15.3. The van der Waals surface area contributed by atoms with Crippen LogP contribution in [0.3, 0.4) is 0 Å². The monoisotopic (exact) mass is 453 g/mol. The van der Waals surface area contributed by atoms with Gasteiger partial charge in [0.25, 0.3) is 0 Å². The lowest BCUT2D eigenvalue weighted by molar-refractivity contribution is -0.137. The minimum atomic E-state index is -4.39. The molecule has 6 nitrogen and oxygen atoms in total. The lowest BCUT2D eigenvalue weighted by Crippen LogP contribution is -2.50. The summed E-state index contributed by atoms with van der Waals surface area (Å²) in [4.78, 5) is 19.0. The van der Waals surface area contributed by atoms with Crippen molar-refractivity contribution < 1.29 is 27.4 Å². The molecule has 0 bridgehead atoms. The molecule has 0 spiro atoms. The van der Waals surface area contributed by atoms with Gasteiger partial charge in [-0.3, -0.25) is 9.78 Å². The Labute approximate surface area is 186 Å². The number of carbonyl (C=O) groups is 1. The number of pyridine rings is 1. The number of methoxy groups -OCH3 is 1. The maximum Gasteiger partial charge on any atom is 0.416 e. The van der Waals surface area contributed by atoms with E-state index in [1.165, 1.54) is 6.20 Å². The fourth-order valence-corrected chi connectivity index (χ4v) is 4.94. The van der Waals surface area contributed by atoms with Gasteiger partial charge in [-0.1, -0.05) is 6.08 Å². The van der Waals surface area contributed by atoms with Gasteiger partial charge >= 0.3 is 6.18 Å². The van der Waals surface area contributed by atoms with E-state index >= 15 is 0 Å². The van der Waals surface area contributed by atoms with Gasteiger partial charge in [-0.2, -0.15) is 13.2 Å². The molecule has 4 unspecified atom stereocenters. The third kappa shape index (κ3) is 5.32. The quantitative estimate of drug-likeness (QED) is 0.742. The number of halogens is 3. The number of hydrogen-bond acceptors (Lipinski definition) is 5. The summed E-state index contributed by atoms with van der Waals surface area (Å²) < 4.78 is 49.9. The molecule has 0 aromatic carbocycles. The minimum absolute atomic E-state index is 0.0185. The molecule has 1 aromatic heterocycles. The van der Waals surface area contributed by atoms with Crippen molar-refractivity contribution in [3.63, 3.8) is 0 Å². The van der Waals surface area contributed by atoms with E-state index in [2.05, 4.69) is 10.3 Å². The van der Waals surface area contributed by atoms with Gasteiger partial charge in [0.2, 0.25) is 5.91 Å². The second-order valence-electron chi connectivity index (χ2n) is 8.81. The molecule has 1 saturated heterocycles. The van der Waals surface area contributed by atoms with Gasteiger partial charge in [0, 0.05) is 51.0 Å². The molecule has 4 atom stereocenters. The average Bonchev–Trinajstić information content (AvgIpc) is 3.27. The van der Waals surface area contributed by atoms with E-state index in [-0.39, 0.29) is 30.0 Å². The van der Waals surface area contributed by atoms with E-state index in [4.69, 9.17) is 9.47 Å². The number of ether oxygens (including phenoxy) is 2. The van der Waals surface area contributed by atoms with E-state index in [9.17, 15) is 18.0 Å². The summed E-state index contributed by atoms with van der Waals surface area (Å²) >= 11 is 0. The third-order valence-electron chi connectivity index (χ3n) is 6.78. The highest BCUT2D eigenvalue weighted by molar-refractivity contribution is 5.80. The van der Waals surface area contributed by atoms with Crippen molar-refractivity contribution in [1.29, 1.82) is 0 Å². The smallest absolute Gasteiger partial charge is 0.379 e. The fraction of sp³-hybridized carbons (Fsp3) is 0.652. The summed E-state index contributed by atoms with van der Waals surface area (Å²) in [6, 6.07) is 2.59. The molecule has 1 amide bonds. The van der Waals surface area contributed by atoms with Gasteiger partial charge < -0.3 is 19.7 Å². The summed E-state index contributed by atoms with van der Waals surface area (Å²) in [5.41, 5.74) is 0.393. The summed E-state index contributed by atoms with van der Waals surface area (Å²) in [6.07, 6.45) is 2.67. The van der Waals surface area contributed by atoms with Crippen molar-refractivity contribution in [2.75, 3.05) is 33.4 Å². The standard InChI is InChI=1S/C23H30F3N3O3/c1-31-21-14-32-11-7-19(21)28-18-3-2-16(12-18)22(30)29-9-5-15(6-10-29)20-13-17(4-8-27-20)23(24,25)26/h4-5,8,13,16,18-19,21,28H,2-3,6-7,9-12,14H2,1H3. The molecule has 2 fully saturated rings. The highest BCUT2D eigenvalue weighted by atomic mass is 19.4. The Morgan fingerprint density at radius 2 is 2.16 bits per heavy atom. The van der Waals surface area contributed by atoms with Gasteiger partial charge in [-0.05, 0) is 49.8 Å². The first kappa shape index (κ1) is 23.2. The summed E-state index contributed by atoms with van der Waals surface area (Å²) in [7, 11) is 1.70. The molecule has 4 rings (SSSR count). The number of carbonyl (C=O) groups excluding carboxylic acids is 1. The van der Waals surface area contributed by atoms with Gasteiger partial charge in [-0.25, -0.2) is 0 Å². The number of rotatable bonds is 5. The molecule has 9 heteroatoms. The summed E-state index contributed by atoms with van der Waals surface area (Å²) in [5, 5.41) is 3.66. The maximum atomic E-state index is 13.0. The molecular formula is C23H30F3N3O3. The van der Waals surface area contributed by atoms with Crippen LogP contribution in [0.25, 0.3) is 5.57 Å². The molecule has 1 saturated carbocycles. The normalized spacial score (nSPS) is 29.1. The highest BCUT2D eigenvalue weighted by Crippen LogP contribution is 2.33. The van der Waals surface area contributed by atoms with E-state index in [1.54, 1.807) is 7.11 Å². The molecule has 1 aromatic rings. The van der Waals surface area contributed by atoms with E-state index < -0.39 is 11.7 Å². The molecule has 1 aliphatic carbocycles. The Morgan fingerprint density at radius 3 is 2.88 bits per heavy atom. The Hall–Kier alpha value is -1.97. The van der Waals surface area contributed by atoms with Crippen LogP contribution in [0.15, 0.2) is 24.4 Å². The molecular weight excluding hydrogens is 423 g/mol. The molecule has 3 aliphatic rings. The Bertz CT molecular complexity index is 845. The van der Waals surface area contributed by atoms with Crippen molar-refractivity contribution in [3.8, 4) is 0 Å². The van der Waals surface area contributed by atoms with Crippen LogP contribution in [0, 0.1) is 5.92 Å². The molecule has 32 heavy (non-hydrogen) atoms. The Kier molecular flexibility index (Phi) is 7.17. The van der Waals surface area contributed by atoms with Crippen molar-refractivity contribution in [1.82, 2.24) is 15.2 Å². The number of alkyl halides is 3. The van der Waals surface area contributed by atoms with Crippen LogP contribution in [-0.2, 0) is 20.4 Å². The van der Waals surface area contributed by atoms with Crippen LogP contribution < -0.4 is 5.32 Å². The lowest BCUT2D eigenvalue weighted by atomic mass is 10.00. The molecule has 0 radical (unpaired) electrons. The van der Waals surface area contributed by atoms with E-state index in [1.807, 2.05) is 11.0 Å². The van der Waals surface area contributed by atoms with Crippen molar-refractivity contribution in [3.05, 3.63) is 35.7 Å². The number of amides is 1. The van der Waals surface area contributed by atoms with Crippen molar-refractivity contribution in [2.24, 2.45) is 5.92 Å². The molecule has 3 heterocycles. The summed E-state index contributed by atoms with van der Waals surface area (Å²) in [5.74, 6) is 0.117. The SMILES string of the molecule is COC1COCCC1NC1CCC(C(=O)N2CC=C(c3cc(C(F)(F)F)ccn3)CC2)C1. The van der Waals surface area contributed by atoms with E-state index in [0.717, 1.165) is 50.0 Å². The van der Waals surface area contributed by atoms with Crippen LogP contribution in [0.4, 0.5) is 13.2 Å². The Morgan fingerprint density at radius 1 is 1.31 bits per heavy atom. The topological polar surface area (TPSA) is 63.7 Å². The molecule has 1 N–H and O–H groups in total. The fourth-order valence-electron chi connectivity index (χ4n) is 4.94. The number of aromatic nitrogens is 1. The zero-order valence-electron chi connectivity index (χ0n) is 18.2.